The Morgan fingerprint density at radius 3 is 1.76 bits per heavy atom. The van der Waals surface area contributed by atoms with Crippen molar-refractivity contribution in [3.63, 3.8) is 0 Å². The topological polar surface area (TPSA) is 80.3 Å². The van der Waals surface area contributed by atoms with E-state index in [1.165, 1.54) is 0 Å². The molecule has 0 N–H and O–H groups in total. The third-order valence-corrected chi connectivity index (χ3v) is 5.95. The second-order valence-corrected chi connectivity index (χ2v) is 8.33. The minimum atomic E-state index is -0.426. The monoisotopic (exact) mass is 462 g/mol. The number of rotatable bonds is 4. The van der Waals surface area contributed by atoms with Crippen molar-refractivity contribution in [3.05, 3.63) is 58.7 Å². The van der Waals surface area contributed by atoms with Crippen LogP contribution in [0.3, 0.4) is 0 Å². The van der Waals surface area contributed by atoms with Crippen LogP contribution in [0.4, 0.5) is 0 Å². The summed E-state index contributed by atoms with van der Waals surface area (Å²) in [5.74, 6) is 1.88. The lowest BCUT2D eigenvalue weighted by atomic mass is 9.79. The zero-order chi connectivity index (χ0) is 23.5. The molecule has 0 aromatic heterocycles. The van der Waals surface area contributed by atoms with Crippen molar-refractivity contribution in [2.24, 2.45) is 5.92 Å². The number of ether oxygens (including phenoxy) is 5. The highest BCUT2D eigenvalue weighted by atomic mass is 16.6. The Kier molecular flexibility index (Phi) is 6.25. The van der Waals surface area contributed by atoms with Gasteiger partial charge in [0.25, 0.3) is 0 Å². The van der Waals surface area contributed by atoms with Crippen LogP contribution in [0, 0.1) is 5.92 Å². The SMILES string of the molecule is CCOC(=O)C1C/C(=C/c2ccc3c(c2)OCCO3)C(=O)/C(=C/c2ccc3c(c2)OCCO3)C1. The fraction of sp³-hybridized carbons (Fsp3) is 0.333. The summed E-state index contributed by atoms with van der Waals surface area (Å²) in [6.45, 7) is 4.08. The predicted molar refractivity (Wildman–Crippen MR) is 125 cm³/mol. The zero-order valence-corrected chi connectivity index (χ0v) is 19.0. The third kappa shape index (κ3) is 4.64. The molecule has 2 heterocycles. The van der Waals surface area contributed by atoms with Crippen molar-refractivity contribution >= 4 is 23.9 Å². The van der Waals surface area contributed by atoms with Crippen molar-refractivity contribution in [2.75, 3.05) is 33.0 Å². The number of esters is 1. The van der Waals surface area contributed by atoms with Gasteiger partial charge in [0.2, 0.25) is 0 Å². The maximum Gasteiger partial charge on any atom is 0.309 e. The fourth-order valence-electron chi connectivity index (χ4n) is 4.37. The van der Waals surface area contributed by atoms with Crippen molar-refractivity contribution in [2.45, 2.75) is 19.8 Å². The summed E-state index contributed by atoms with van der Waals surface area (Å²) in [6.07, 6.45) is 4.29. The van der Waals surface area contributed by atoms with Crippen LogP contribution in [0.15, 0.2) is 47.5 Å². The maximum atomic E-state index is 13.4. The standard InChI is InChI=1S/C27H26O7/c1-2-30-27(29)21-15-19(11-17-3-5-22-24(13-17)33-9-7-31-22)26(28)20(16-21)12-18-4-6-23-25(14-18)34-10-8-32-23/h3-6,11-14,21H,2,7-10,15-16H2,1H3/b19-11-,20-12+. The average molecular weight is 462 g/mol. The third-order valence-electron chi connectivity index (χ3n) is 5.95. The van der Waals surface area contributed by atoms with Crippen LogP contribution in [0.1, 0.15) is 30.9 Å². The van der Waals surface area contributed by atoms with E-state index in [4.69, 9.17) is 23.7 Å². The van der Waals surface area contributed by atoms with Gasteiger partial charge in [0.15, 0.2) is 28.8 Å². The molecule has 34 heavy (non-hydrogen) atoms. The van der Waals surface area contributed by atoms with E-state index in [0.717, 1.165) is 11.1 Å². The van der Waals surface area contributed by atoms with Gasteiger partial charge in [-0.05, 0) is 67.3 Å². The van der Waals surface area contributed by atoms with Crippen LogP contribution in [0.25, 0.3) is 12.2 Å². The molecular weight excluding hydrogens is 436 g/mol. The number of hydrogen-bond donors (Lipinski definition) is 0. The Hall–Kier alpha value is -3.74. The normalized spacial score (nSPS) is 21.4. The molecule has 0 saturated heterocycles. The lowest BCUT2D eigenvalue weighted by Crippen LogP contribution is -2.27. The molecule has 0 bridgehead atoms. The molecule has 1 atom stereocenters. The smallest absolute Gasteiger partial charge is 0.309 e. The van der Waals surface area contributed by atoms with Gasteiger partial charge in [-0.3, -0.25) is 9.59 Å². The summed E-state index contributed by atoms with van der Waals surface area (Å²) < 4.78 is 27.8. The van der Waals surface area contributed by atoms with Gasteiger partial charge in [-0.2, -0.15) is 0 Å². The molecule has 1 aliphatic carbocycles. The van der Waals surface area contributed by atoms with Gasteiger partial charge in [0.1, 0.15) is 26.4 Å². The average Bonchev–Trinajstić information content (AvgIpc) is 2.86. The van der Waals surface area contributed by atoms with Gasteiger partial charge in [0.05, 0.1) is 12.5 Å². The molecule has 0 radical (unpaired) electrons. The fourth-order valence-corrected chi connectivity index (χ4v) is 4.37. The summed E-state index contributed by atoms with van der Waals surface area (Å²) in [4.78, 5) is 26.1. The van der Waals surface area contributed by atoms with E-state index >= 15 is 0 Å². The number of benzene rings is 2. The predicted octanol–water partition coefficient (Wildman–Crippen LogP) is 4.24. The van der Waals surface area contributed by atoms with Crippen LogP contribution < -0.4 is 18.9 Å². The minimum absolute atomic E-state index is 0.0784. The number of fused-ring (bicyclic) bond motifs is 2. The molecule has 176 valence electrons. The van der Waals surface area contributed by atoms with Crippen molar-refractivity contribution in [3.8, 4) is 23.0 Å². The summed E-state index contributed by atoms with van der Waals surface area (Å²) in [5, 5.41) is 0. The number of Topliss-reactive ketones (excluding diaryl/α,β-unsaturated/α-hetero) is 1. The number of hydrogen-bond acceptors (Lipinski definition) is 7. The zero-order valence-electron chi connectivity index (χ0n) is 19.0. The molecule has 2 aromatic rings. The van der Waals surface area contributed by atoms with Crippen molar-refractivity contribution < 1.29 is 33.3 Å². The van der Waals surface area contributed by atoms with E-state index in [-0.39, 0.29) is 11.8 Å². The van der Waals surface area contributed by atoms with Gasteiger partial charge in [-0.1, -0.05) is 12.1 Å². The first-order chi connectivity index (χ1) is 16.6. The molecule has 0 amide bonds. The minimum Gasteiger partial charge on any atom is -0.486 e. The second kappa shape index (κ2) is 9.63. The number of ketones is 1. The highest BCUT2D eigenvalue weighted by Crippen LogP contribution is 2.37. The van der Waals surface area contributed by atoms with E-state index in [1.54, 1.807) is 6.92 Å². The van der Waals surface area contributed by atoms with Gasteiger partial charge in [0, 0.05) is 11.1 Å². The van der Waals surface area contributed by atoms with Crippen molar-refractivity contribution in [1.82, 2.24) is 0 Å². The molecule has 1 saturated carbocycles. The summed E-state index contributed by atoms with van der Waals surface area (Å²) >= 11 is 0. The molecule has 0 spiro atoms. The molecule has 3 aliphatic rings. The highest BCUT2D eigenvalue weighted by molar-refractivity contribution is 6.14. The highest BCUT2D eigenvalue weighted by Gasteiger charge is 2.33. The lowest BCUT2D eigenvalue weighted by Gasteiger charge is -2.25. The van der Waals surface area contributed by atoms with Gasteiger partial charge < -0.3 is 23.7 Å². The van der Waals surface area contributed by atoms with Crippen LogP contribution in [-0.4, -0.2) is 44.8 Å². The molecule has 7 nitrogen and oxygen atoms in total. The van der Waals surface area contributed by atoms with Crippen LogP contribution in [0.2, 0.25) is 0 Å². The molecular formula is C27H26O7. The Balaban J connectivity index is 1.48. The molecule has 2 aromatic carbocycles. The molecule has 5 rings (SSSR count). The molecule has 2 aliphatic heterocycles. The van der Waals surface area contributed by atoms with E-state index in [1.807, 2.05) is 48.6 Å². The Labute approximate surface area is 197 Å². The Morgan fingerprint density at radius 2 is 1.29 bits per heavy atom. The number of carbonyl (C=O) groups excluding carboxylic acids is 2. The van der Waals surface area contributed by atoms with Gasteiger partial charge >= 0.3 is 5.97 Å². The van der Waals surface area contributed by atoms with E-state index < -0.39 is 5.92 Å². The van der Waals surface area contributed by atoms with Crippen LogP contribution in [-0.2, 0) is 14.3 Å². The maximum absolute atomic E-state index is 13.4. The number of allylic oxidation sites excluding steroid dienone is 2. The van der Waals surface area contributed by atoms with E-state index in [2.05, 4.69) is 0 Å². The second-order valence-electron chi connectivity index (χ2n) is 8.33. The molecule has 1 fully saturated rings. The first-order valence-corrected chi connectivity index (χ1v) is 11.5. The summed E-state index contributed by atoms with van der Waals surface area (Å²) in [6, 6.07) is 11.1. The largest absolute Gasteiger partial charge is 0.486 e. The Morgan fingerprint density at radius 1 is 0.824 bits per heavy atom. The van der Waals surface area contributed by atoms with Gasteiger partial charge in [-0.15, -0.1) is 0 Å². The van der Waals surface area contributed by atoms with Crippen molar-refractivity contribution in [1.29, 1.82) is 0 Å². The Bertz CT molecular complexity index is 1100. The van der Waals surface area contributed by atoms with E-state index in [0.29, 0.717) is 80.0 Å². The molecule has 1 unspecified atom stereocenters. The van der Waals surface area contributed by atoms with Crippen LogP contribution in [0.5, 0.6) is 23.0 Å². The summed E-state index contributed by atoms with van der Waals surface area (Å²) in [5.41, 5.74) is 2.75. The first kappa shape index (κ1) is 22.1. The van der Waals surface area contributed by atoms with E-state index in [9.17, 15) is 9.59 Å². The summed E-state index contributed by atoms with van der Waals surface area (Å²) in [7, 11) is 0. The lowest BCUT2D eigenvalue weighted by molar-refractivity contribution is -0.148. The first-order valence-electron chi connectivity index (χ1n) is 11.5. The number of carbonyl (C=O) groups is 2. The van der Waals surface area contributed by atoms with Crippen LogP contribution >= 0.6 is 0 Å². The quantitative estimate of drug-likeness (QED) is 0.497. The van der Waals surface area contributed by atoms with Gasteiger partial charge in [-0.25, -0.2) is 0 Å². The molecule has 7 heteroatoms.